The van der Waals surface area contributed by atoms with E-state index in [0.29, 0.717) is 11.3 Å². The van der Waals surface area contributed by atoms with Crippen molar-refractivity contribution in [1.29, 1.82) is 0 Å². The van der Waals surface area contributed by atoms with E-state index in [1.54, 1.807) is 31.4 Å². The molecule has 0 aromatic heterocycles. The molecule has 0 spiro atoms. The number of hydrogen-bond acceptors (Lipinski definition) is 3. The lowest BCUT2D eigenvalue weighted by Crippen LogP contribution is -2.14. The van der Waals surface area contributed by atoms with Gasteiger partial charge < -0.3 is 14.9 Å². The summed E-state index contributed by atoms with van der Waals surface area (Å²) in [6.07, 6.45) is -0.573. The lowest BCUT2D eigenvalue weighted by atomic mass is 10.0. The van der Waals surface area contributed by atoms with Crippen LogP contribution in [0.4, 0.5) is 0 Å². The summed E-state index contributed by atoms with van der Waals surface area (Å²) in [6, 6.07) is 6.87. The first-order valence-electron chi connectivity index (χ1n) is 4.31. The predicted octanol–water partition coefficient (Wildman–Crippen LogP) is 1.28. The van der Waals surface area contributed by atoms with Gasteiger partial charge in [0.2, 0.25) is 0 Å². The highest BCUT2D eigenvalue weighted by Crippen LogP contribution is 2.20. The van der Waals surface area contributed by atoms with E-state index in [9.17, 15) is 10.2 Å². The molecule has 14 heavy (non-hydrogen) atoms. The van der Waals surface area contributed by atoms with Gasteiger partial charge in [0, 0.05) is 0 Å². The molecule has 1 rings (SSSR count). The molecule has 0 heterocycles. The number of aliphatic hydroxyl groups excluding tert-OH is 2. The molecule has 3 nitrogen and oxygen atoms in total. The van der Waals surface area contributed by atoms with Crippen molar-refractivity contribution in [3.05, 3.63) is 42.5 Å². The van der Waals surface area contributed by atoms with Crippen LogP contribution in [0.3, 0.4) is 0 Å². The van der Waals surface area contributed by atoms with Gasteiger partial charge >= 0.3 is 0 Å². The number of methoxy groups -OCH3 is 1. The van der Waals surface area contributed by atoms with Crippen LogP contribution in [-0.2, 0) is 0 Å². The van der Waals surface area contributed by atoms with Gasteiger partial charge in [0.05, 0.1) is 7.11 Å². The highest BCUT2D eigenvalue weighted by molar-refractivity contribution is 5.29. The van der Waals surface area contributed by atoms with Gasteiger partial charge in [0.25, 0.3) is 0 Å². The van der Waals surface area contributed by atoms with Gasteiger partial charge in [0.1, 0.15) is 18.0 Å². The standard InChI is InChI=1S/C11H14O3/c1-3-10(12)11(13)8-4-6-9(14-2)7-5-8/h3-7,10-13H,1H2,2H3/t10-,11-/m0/s1. The monoisotopic (exact) mass is 194 g/mol. The fourth-order valence-corrected chi connectivity index (χ4v) is 1.13. The zero-order valence-corrected chi connectivity index (χ0v) is 8.05. The molecule has 1 aromatic carbocycles. The summed E-state index contributed by atoms with van der Waals surface area (Å²) in [7, 11) is 1.57. The van der Waals surface area contributed by atoms with Crippen molar-refractivity contribution < 1.29 is 14.9 Å². The first kappa shape index (κ1) is 10.8. The third kappa shape index (κ3) is 2.34. The van der Waals surface area contributed by atoms with E-state index in [4.69, 9.17) is 4.74 Å². The van der Waals surface area contributed by atoms with E-state index in [1.165, 1.54) is 6.08 Å². The minimum atomic E-state index is -0.941. The Hall–Kier alpha value is -1.32. The SMILES string of the molecule is C=C[C@H](O)[C@@H](O)c1ccc(OC)cc1. The molecule has 0 unspecified atom stereocenters. The Morgan fingerprint density at radius 3 is 2.29 bits per heavy atom. The third-order valence-electron chi connectivity index (χ3n) is 2.02. The Morgan fingerprint density at radius 1 is 1.29 bits per heavy atom. The second kappa shape index (κ2) is 4.79. The summed E-state index contributed by atoms with van der Waals surface area (Å²) in [6.45, 7) is 3.41. The van der Waals surface area contributed by atoms with E-state index in [1.807, 2.05) is 0 Å². The van der Waals surface area contributed by atoms with Gasteiger partial charge in [-0.3, -0.25) is 0 Å². The molecule has 2 atom stereocenters. The van der Waals surface area contributed by atoms with Crippen LogP contribution in [0.25, 0.3) is 0 Å². The minimum Gasteiger partial charge on any atom is -0.497 e. The summed E-state index contributed by atoms with van der Waals surface area (Å²) in [4.78, 5) is 0. The van der Waals surface area contributed by atoms with Crippen molar-refractivity contribution in [3.8, 4) is 5.75 Å². The molecule has 76 valence electrons. The number of aliphatic hydroxyl groups is 2. The van der Waals surface area contributed by atoms with Gasteiger partial charge in [-0.2, -0.15) is 0 Å². The second-order valence-electron chi connectivity index (χ2n) is 2.94. The molecule has 3 heteroatoms. The lowest BCUT2D eigenvalue weighted by Gasteiger charge is -2.14. The smallest absolute Gasteiger partial charge is 0.118 e. The van der Waals surface area contributed by atoms with Crippen LogP contribution in [0.1, 0.15) is 11.7 Å². The maximum atomic E-state index is 9.59. The Labute approximate surface area is 83.3 Å². The average molecular weight is 194 g/mol. The number of benzene rings is 1. The Bertz CT molecular complexity index is 292. The van der Waals surface area contributed by atoms with Crippen LogP contribution in [0.2, 0.25) is 0 Å². The summed E-state index contributed by atoms with van der Waals surface area (Å²) < 4.78 is 4.97. The van der Waals surface area contributed by atoms with Crippen molar-refractivity contribution in [3.63, 3.8) is 0 Å². The van der Waals surface area contributed by atoms with E-state index in [-0.39, 0.29) is 0 Å². The minimum absolute atomic E-state index is 0.637. The van der Waals surface area contributed by atoms with Crippen molar-refractivity contribution in [2.24, 2.45) is 0 Å². The maximum Gasteiger partial charge on any atom is 0.118 e. The zero-order valence-electron chi connectivity index (χ0n) is 8.05. The van der Waals surface area contributed by atoms with E-state index < -0.39 is 12.2 Å². The van der Waals surface area contributed by atoms with E-state index >= 15 is 0 Å². The van der Waals surface area contributed by atoms with Crippen LogP contribution >= 0.6 is 0 Å². The van der Waals surface area contributed by atoms with Crippen LogP contribution in [0, 0.1) is 0 Å². The first-order chi connectivity index (χ1) is 6.69. The zero-order chi connectivity index (χ0) is 10.6. The molecule has 0 fully saturated rings. The van der Waals surface area contributed by atoms with Crippen molar-refractivity contribution in [2.75, 3.05) is 7.11 Å². The Kier molecular flexibility index (Phi) is 3.68. The lowest BCUT2D eigenvalue weighted by molar-refractivity contribution is 0.0484. The normalized spacial score (nSPS) is 14.5. The van der Waals surface area contributed by atoms with E-state index in [2.05, 4.69) is 6.58 Å². The first-order valence-corrected chi connectivity index (χ1v) is 4.31. The molecule has 0 radical (unpaired) electrons. The van der Waals surface area contributed by atoms with Crippen molar-refractivity contribution in [2.45, 2.75) is 12.2 Å². The van der Waals surface area contributed by atoms with Gasteiger partial charge in [0.15, 0.2) is 0 Å². The predicted molar refractivity (Wildman–Crippen MR) is 54.2 cm³/mol. The third-order valence-corrected chi connectivity index (χ3v) is 2.02. The van der Waals surface area contributed by atoms with Gasteiger partial charge in [-0.25, -0.2) is 0 Å². The summed E-state index contributed by atoms with van der Waals surface area (Å²) >= 11 is 0. The van der Waals surface area contributed by atoms with Gasteiger partial charge in [-0.1, -0.05) is 18.2 Å². The molecule has 0 amide bonds. The molecule has 0 aliphatic carbocycles. The quantitative estimate of drug-likeness (QED) is 0.710. The molecule has 0 saturated heterocycles. The van der Waals surface area contributed by atoms with Crippen molar-refractivity contribution >= 4 is 0 Å². The summed E-state index contributed by atoms with van der Waals surface area (Å²) in [5.74, 6) is 0.717. The summed E-state index contributed by atoms with van der Waals surface area (Å²) in [5, 5.41) is 18.9. The Balaban J connectivity index is 2.80. The fraction of sp³-hybridized carbons (Fsp3) is 0.273. The highest BCUT2D eigenvalue weighted by atomic mass is 16.5. The molecular weight excluding hydrogens is 180 g/mol. The number of hydrogen-bond donors (Lipinski definition) is 2. The topological polar surface area (TPSA) is 49.7 Å². The fourth-order valence-electron chi connectivity index (χ4n) is 1.13. The number of ether oxygens (including phenoxy) is 1. The van der Waals surface area contributed by atoms with Crippen LogP contribution in [0.5, 0.6) is 5.75 Å². The van der Waals surface area contributed by atoms with Crippen LogP contribution in [0.15, 0.2) is 36.9 Å². The average Bonchev–Trinajstić information content (AvgIpc) is 2.27. The Morgan fingerprint density at radius 2 is 1.86 bits per heavy atom. The molecule has 0 bridgehead atoms. The second-order valence-corrected chi connectivity index (χ2v) is 2.94. The van der Waals surface area contributed by atoms with Crippen molar-refractivity contribution in [1.82, 2.24) is 0 Å². The number of rotatable bonds is 4. The molecule has 0 aliphatic heterocycles. The van der Waals surface area contributed by atoms with Crippen LogP contribution in [-0.4, -0.2) is 23.4 Å². The maximum absolute atomic E-state index is 9.59. The largest absolute Gasteiger partial charge is 0.497 e. The van der Waals surface area contributed by atoms with E-state index in [0.717, 1.165) is 0 Å². The highest BCUT2D eigenvalue weighted by Gasteiger charge is 2.14. The molecule has 1 aromatic rings. The molecule has 2 N–H and O–H groups in total. The summed E-state index contributed by atoms with van der Waals surface area (Å²) in [5.41, 5.74) is 0.637. The molecule has 0 aliphatic rings. The van der Waals surface area contributed by atoms with Gasteiger partial charge in [-0.05, 0) is 17.7 Å². The molecule has 0 saturated carbocycles. The molecular formula is C11H14O3. The van der Waals surface area contributed by atoms with Gasteiger partial charge in [-0.15, -0.1) is 6.58 Å². The van der Waals surface area contributed by atoms with Crippen LogP contribution < -0.4 is 4.74 Å².